The molecule has 1 aromatic rings. The molecule has 1 rings (SSSR count). The number of hydrogen-bond donors (Lipinski definition) is 0. The fraction of sp³-hybridized carbons (Fsp3) is 0.200. The topological polar surface area (TPSA) is 9.23 Å². The van der Waals surface area contributed by atoms with Crippen molar-refractivity contribution in [3.8, 4) is 5.75 Å². The Labute approximate surface area is 105 Å². The number of rotatable bonds is 8. The van der Waals surface area contributed by atoms with E-state index in [0.717, 1.165) is 18.1 Å². The molecule has 0 atom stereocenters. The zero-order chi connectivity index (χ0) is 12.5. The highest BCUT2D eigenvalue weighted by Crippen LogP contribution is 2.34. The van der Waals surface area contributed by atoms with Crippen LogP contribution in [0.15, 0.2) is 62.2 Å². The smallest absolute Gasteiger partial charge is 0.119 e. The van der Waals surface area contributed by atoms with Crippen molar-refractivity contribution in [2.24, 2.45) is 0 Å². The van der Waals surface area contributed by atoms with Crippen molar-refractivity contribution in [2.75, 3.05) is 18.9 Å². The van der Waals surface area contributed by atoms with Gasteiger partial charge in [-0.15, -0.1) is 13.2 Å². The van der Waals surface area contributed by atoms with Crippen molar-refractivity contribution in [3.05, 3.63) is 62.2 Å². The van der Waals surface area contributed by atoms with Crippen LogP contribution in [0.3, 0.4) is 0 Å². The maximum Gasteiger partial charge on any atom is 0.119 e. The highest BCUT2D eigenvalue weighted by molar-refractivity contribution is 7.65. The van der Waals surface area contributed by atoms with Crippen LogP contribution < -0.4 is 10.0 Å². The van der Waals surface area contributed by atoms with E-state index in [9.17, 15) is 0 Å². The second-order valence-electron chi connectivity index (χ2n) is 3.58. The molecule has 0 spiro atoms. The summed E-state index contributed by atoms with van der Waals surface area (Å²) in [6.45, 7) is 11.8. The van der Waals surface area contributed by atoms with Gasteiger partial charge in [0.2, 0.25) is 0 Å². The highest BCUT2D eigenvalue weighted by atomic mass is 31.1. The fourth-order valence-electron chi connectivity index (χ4n) is 1.51. The standard InChI is InChI=1S/C15H19OP/c1-4-11-16-14-7-9-15(10-8-14)17(12-5-2)13-6-3/h4-10H,1-3,11-13H2. The minimum absolute atomic E-state index is 0.193. The van der Waals surface area contributed by atoms with Crippen molar-refractivity contribution in [1.29, 1.82) is 0 Å². The molecule has 90 valence electrons. The minimum Gasteiger partial charge on any atom is -0.490 e. The Balaban J connectivity index is 2.72. The van der Waals surface area contributed by atoms with Gasteiger partial charge in [-0.25, -0.2) is 0 Å². The first-order chi connectivity index (χ1) is 8.31. The van der Waals surface area contributed by atoms with E-state index >= 15 is 0 Å². The number of benzene rings is 1. The van der Waals surface area contributed by atoms with E-state index in [-0.39, 0.29) is 7.92 Å². The lowest BCUT2D eigenvalue weighted by atomic mass is 10.3. The first-order valence-electron chi connectivity index (χ1n) is 5.62. The van der Waals surface area contributed by atoms with Crippen molar-refractivity contribution in [3.63, 3.8) is 0 Å². The lowest BCUT2D eigenvalue weighted by molar-refractivity contribution is 0.363. The summed E-state index contributed by atoms with van der Waals surface area (Å²) in [6, 6.07) is 8.30. The summed E-state index contributed by atoms with van der Waals surface area (Å²) in [4.78, 5) is 0. The molecule has 0 fully saturated rings. The van der Waals surface area contributed by atoms with E-state index in [1.54, 1.807) is 6.08 Å². The monoisotopic (exact) mass is 246 g/mol. The summed E-state index contributed by atoms with van der Waals surface area (Å²) in [5.41, 5.74) is 0. The Morgan fingerprint density at radius 3 is 2.00 bits per heavy atom. The van der Waals surface area contributed by atoms with E-state index < -0.39 is 0 Å². The van der Waals surface area contributed by atoms with Crippen molar-refractivity contribution in [2.45, 2.75) is 0 Å². The van der Waals surface area contributed by atoms with Crippen LogP contribution in [0.1, 0.15) is 0 Å². The van der Waals surface area contributed by atoms with Gasteiger partial charge in [0.25, 0.3) is 0 Å². The Kier molecular flexibility index (Phi) is 6.35. The molecule has 0 aliphatic carbocycles. The summed E-state index contributed by atoms with van der Waals surface area (Å²) < 4.78 is 5.46. The highest BCUT2D eigenvalue weighted by Gasteiger charge is 2.07. The lowest BCUT2D eigenvalue weighted by Crippen LogP contribution is -2.04. The lowest BCUT2D eigenvalue weighted by Gasteiger charge is -2.14. The number of hydrogen-bond acceptors (Lipinski definition) is 1. The molecule has 0 saturated carbocycles. The van der Waals surface area contributed by atoms with E-state index in [1.165, 1.54) is 5.30 Å². The summed E-state index contributed by atoms with van der Waals surface area (Å²) in [6.07, 6.45) is 7.79. The van der Waals surface area contributed by atoms with Crippen LogP contribution in [0.5, 0.6) is 5.75 Å². The van der Waals surface area contributed by atoms with Crippen LogP contribution in [-0.4, -0.2) is 18.9 Å². The van der Waals surface area contributed by atoms with Gasteiger partial charge in [-0.1, -0.05) is 44.9 Å². The molecule has 0 radical (unpaired) electrons. The second kappa shape index (κ2) is 7.86. The molecule has 1 aromatic carbocycles. The van der Waals surface area contributed by atoms with Gasteiger partial charge in [0.15, 0.2) is 0 Å². The van der Waals surface area contributed by atoms with Gasteiger partial charge in [-0.05, 0) is 29.8 Å². The zero-order valence-corrected chi connectivity index (χ0v) is 11.0. The molecule has 2 heteroatoms. The van der Waals surface area contributed by atoms with Crippen LogP contribution in [0, 0.1) is 0 Å². The molecule has 0 heterocycles. The normalized spacial score (nSPS) is 9.94. The number of allylic oxidation sites excluding steroid dienone is 2. The Bertz CT molecular complexity index is 357. The summed E-state index contributed by atoms with van der Waals surface area (Å²) >= 11 is 0. The first kappa shape index (κ1) is 13.7. The predicted molar refractivity (Wildman–Crippen MR) is 78.8 cm³/mol. The maximum absolute atomic E-state index is 5.46. The van der Waals surface area contributed by atoms with E-state index in [4.69, 9.17) is 4.74 Å². The van der Waals surface area contributed by atoms with Gasteiger partial charge < -0.3 is 4.74 Å². The Morgan fingerprint density at radius 2 is 1.53 bits per heavy atom. The van der Waals surface area contributed by atoms with Gasteiger partial charge in [-0.3, -0.25) is 0 Å². The van der Waals surface area contributed by atoms with Crippen LogP contribution in [0.4, 0.5) is 0 Å². The fourth-order valence-corrected chi connectivity index (χ4v) is 3.27. The third kappa shape index (κ3) is 4.58. The maximum atomic E-state index is 5.46. The number of ether oxygens (including phenoxy) is 1. The third-order valence-electron chi connectivity index (χ3n) is 2.27. The molecule has 0 aliphatic heterocycles. The molecular weight excluding hydrogens is 227 g/mol. The minimum atomic E-state index is -0.193. The second-order valence-corrected chi connectivity index (χ2v) is 5.90. The first-order valence-corrected chi connectivity index (χ1v) is 7.33. The average Bonchev–Trinajstić information content (AvgIpc) is 2.37. The molecule has 0 unspecified atom stereocenters. The molecule has 0 aliphatic rings. The van der Waals surface area contributed by atoms with Crippen molar-refractivity contribution in [1.82, 2.24) is 0 Å². The summed E-state index contributed by atoms with van der Waals surface area (Å²) in [5.74, 6) is 0.890. The molecule has 0 amide bonds. The Hall–Kier alpha value is -1.33. The van der Waals surface area contributed by atoms with E-state index in [0.29, 0.717) is 6.61 Å². The van der Waals surface area contributed by atoms with Gasteiger partial charge in [0.05, 0.1) is 0 Å². The molecule has 17 heavy (non-hydrogen) atoms. The van der Waals surface area contributed by atoms with Gasteiger partial charge in [0.1, 0.15) is 12.4 Å². The quantitative estimate of drug-likeness (QED) is 0.501. The molecule has 0 N–H and O–H groups in total. The van der Waals surface area contributed by atoms with Crippen LogP contribution in [0.25, 0.3) is 0 Å². The van der Waals surface area contributed by atoms with Crippen LogP contribution in [-0.2, 0) is 0 Å². The van der Waals surface area contributed by atoms with E-state index in [2.05, 4.69) is 31.9 Å². The van der Waals surface area contributed by atoms with E-state index in [1.807, 2.05) is 24.3 Å². The van der Waals surface area contributed by atoms with Gasteiger partial charge in [0, 0.05) is 0 Å². The molecule has 0 aromatic heterocycles. The molecule has 1 nitrogen and oxygen atoms in total. The van der Waals surface area contributed by atoms with Crippen LogP contribution >= 0.6 is 7.92 Å². The summed E-state index contributed by atoms with van der Waals surface area (Å²) in [5, 5.41) is 1.37. The molecule has 0 bridgehead atoms. The van der Waals surface area contributed by atoms with Crippen LogP contribution in [0.2, 0.25) is 0 Å². The van der Waals surface area contributed by atoms with Crippen molar-refractivity contribution < 1.29 is 4.74 Å². The summed E-state index contributed by atoms with van der Waals surface area (Å²) in [7, 11) is -0.193. The van der Waals surface area contributed by atoms with Crippen molar-refractivity contribution >= 4 is 13.2 Å². The van der Waals surface area contributed by atoms with Gasteiger partial charge >= 0.3 is 0 Å². The van der Waals surface area contributed by atoms with Gasteiger partial charge in [-0.2, -0.15) is 0 Å². The predicted octanol–water partition coefficient (Wildman–Crippen LogP) is 3.73. The SMILES string of the molecule is C=CCOc1ccc(P(CC=C)CC=C)cc1. The molecular formula is C15H19OP. The average molecular weight is 246 g/mol. The Morgan fingerprint density at radius 1 is 0.941 bits per heavy atom. The largest absolute Gasteiger partial charge is 0.490 e. The molecule has 0 saturated heterocycles. The third-order valence-corrected chi connectivity index (χ3v) is 4.70. The zero-order valence-electron chi connectivity index (χ0n) is 10.1.